The van der Waals surface area contributed by atoms with E-state index < -0.39 is 6.10 Å². The van der Waals surface area contributed by atoms with Gasteiger partial charge in [0, 0.05) is 0 Å². The van der Waals surface area contributed by atoms with Crippen molar-refractivity contribution in [3.05, 3.63) is 24.3 Å². The Morgan fingerprint density at radius 3 is 2.68 bits per heavy atom. The van der Waals surface area contributed by atoms with Gasteiger partial charge in [-0.05, 0) is 31.4 Å². The van der Waals surface area contributed by atoms with Gasteiger partial charge in [0.25, 0.3) is 5.91 Å². The lowest BCUT2D eigenvalue weighted by Crippen LogP contribution is -2.29. The van der Waals surface area contributed by atoms with Crippen LogP contribution in [0.3, 0.4) is 0 Å². The van der Waals surface area contributed by atoms with E-state index in [1.165, 1.54) is 0 Å². The first-order valence-electron chi connectivity index (χ1n) is 6.81. The van der Waals surface area contributed by atoms with Crippen LogP contribution < -0.4 is 11.1 Å². The fraction of sp³-hybridized carbons (Fsp3) is 0.533. The molecular formula is C15H24N2O2. The van der Waals surface area contributed by atoms with Crippen molar-refractivity contribution in [3.63, 3.8) is 0 Å². The molecule has 0 radical (unpaired) electrons. The summed E-state index contributed by atoms with van der Waals surface area (Å²) in [5.41, 5.74) is 6.96. The fourth-order valence-corrected chi connectivity index (χ4v) is 1.81. The molecule has 0 fully saturated rings. The molecule has 0 heterocycles. The third-order valence-electron chi connectivity index (χ3n) is 3.00. The maximum Gasteiger partial charge on any atom is 0.253 e. The number of anilines is 2. The minimum Gasteiger partial charge on any atom is -0.397 e. The van der Waals surface area contributed by atoms with Crippen LogP contribution in [0.4, 0.5) is 11.4 Å². The standard InChI is InChI=1S/C15H24N2O2/c1-4-7-11(2)10-19-12(3)15(18)17-14-9-6-5-8-13(14)16/h5-6,8-9,11-12H,4,7,10,16H2,1-3H3,(H,17,18). The van der Waals surface area contributed by atoms with Crippen LogP contribution in [0, 0.1) is 5.92 Å². The second-order valence-electron chi connectivity index (χ2n) is 4.95. The molecule has 1 aromatic carbocycles. The summed E-state index contributed by atoms with van der Waals surface area (Å²) in [7, 11) is 0. The molecule has 4 heteroatoms. The van der Waals surface area contributed by atoms with E-state index in [1.807, 2.05) is 12.1 Å². The molecule has 0 aliphatic carbocycles. The second-order valence-corrected chi connectivity index (χ2v) is 4.95. The Hall–Kier alpha value is -1.55. The predicted octanol–water partition coefficient (Wildman–Crippen LogP) is 3.05. The number of carbonyl (C=O) groups is 1. The third kappa shape index (κ3) is 5.30. The lowest BCUT2D eigenvalue weighted by atomic mass is 10.1. The zero-order chi connectivity index (χ0) is 14.3. The molecule has 0 aromatic heterocycles. The molecule has 4 nitrogen and oxygen atoms in total. The highest BCUT2D eigenvalue weighted by atomic mass is 16.5. The summed E-state index contributed by atoms with van der Waals surface area (Å²) in [5, 5.41) is 2.78. The monoisotopic (exact) mass is 264 g/mol. The number of nitrogens with one attached hydrogen (secondary N) is 1. The summed E-state index contributed by atoms with van der Waals surface area (Å²) in [5.74, 6) is 0.309. The minimum absolute atomic E-state index is 0.165. The molecule has 0 aliphatic rings. The van der Waals surface area contributed by atoms with Crippen molar-refractivity contribution in [1.29, 1.82) is 0 Å². The number of hydrogen-bond acceptors (Lipinski definition) is 3. The predicted molar refractivity (Wildman–Crippen MR) is 79.0 cm³/mol. The van der Waals surface area contributed by atoms with Gasteiger partial charge in [-0.15, -0.1) is 0 Å². The Labute approximate surface area is 115 Å². The third-order valence-corrected chi connectivity index (χ3v) is 3.00. The van der Waals surface area contributed by atoms with Gasteiger partial charge in [0.2, 0.25) is 0 Å². The average molecular weight is 264 g/mol. The van der Waals surface area contributed by atoms with Gasteiger partial charge in [-0.3, -0.25) is 4.79 Å². The first-order chi connectivity index (χ1) is 9.04. The molecule has 0 bridgehead atoms. The maximum absolute atomic E-state index is 11.9. The van der Waals surface area contributed by atoms with Gasteiger partial charge in [-0.1, -0.05) is 32.4 Å². The highest BCUT2D eigenvalue weighted by molar-refractivity contribution is 5.96. The molecule has 0 aliphatic heterocycles. The van der Waals surface area contributed by atoms with Gasteiger partial charge in [0.1, 0.15) is 6.10 Å². The van der Waals surface area contributed by atoms with Crippen LogP contribution in [0.15, 0.2) is 24.3 Å². The van der Waals surface area contributed by atoms with Crippen molar-refractivity contribution in [2.24, 2.45) is 5.92 Å². The number of benzene rings is 1. The van der Waals surface area contributed by atoms with E-state index >= 15 is 0 Å². The van der Waals surface area contributed by atoms with Crippen molar-refractivity contribution in [2.75, 3.05) is 17.7 Å². The fourth-order valence-electron chi connectivity index (χ4n) is 1.81. The Kier molecular flexibility index (Phi) is 6.36. The van der Waals surface area contributed by atoms with E-state index in [9.17, 15) is 4.79 Å². The summed E-state index contributed by atoms with van der Waals surface area (Å²) in [6.07, 6.45) is 1.77. The van der Waals surface area contributed by atoms with Crippen LogP contribution in [0.2, 0.25) is 0 Å². The Morgan fingerprint density at radius 1 is 1.37 bits per heavy atom. The summed E-state index contributed by atoms with van der Waals surface area (Å²) in [4.78, 5) is 11.9. The minimum atomic E-state index is -0.473. The highest BCUT2D eigenvalue weighted by Crippen LogP contribution is 2.17. The zero-order valence-corrected chi connectivity index (χ0v) is 12.0. The lowest BCUT2D eigenvalue weighted by molar-refractivity contribution is -0.127. The second kappa shape index (κ2) is 7.79. The topological polar surface area (TPSA) is 64.3 Å². The van der Waals surface area contributed by atoms with Crippen LogP contribution in [0.5, 0.6) is 0 Å². The molecule has 2 unspecified atom stereocenters. The smallest absolute Gasteiger partial charge is 0.253 e. The Bertz CT molecular complexity index is 407. The van der Waals surface area contributed by atoms with E-state index in [4.69, 9.17) is 10.5 Å². The van der Waals surface area contributed by atoms with Gasteiger partial charge >= 0.3 is 0 Å². The molecule has 1 amide bonds. The van der Waals surface area contributed by atoms with Gasteiger partial charge < -0.3 is 15.8 Å². The van der Waals surface area contributed by atoms with Gasteiger partial charge in [-0.25, -0.2) is 0 Å². The van der Waals surface area contributed by atoms with E-state index in [2.05, 4.69) is 19.2 Å². The summed E-state index contributed by atoms with van der Waals surface area (Å²) >= 11 is 0. The molecule has 0 spiro atoms. The molecule has 0 saturated heterocycles. The van der Waals surface area contributed by atoms with E-state index in [1.54, 1.807) is 19.1 Å². The van der Waals surface area contributed by atoms with Crippen LogP contribution in [-0.4, -0.2) is 18.6 Å². The van der Waals surface area contributed by atoms with Gasteiger partial charge in [0.15, 0.2) is 0 Å². The lowest BCUT2D eigenvalue weighted by Gasteiger charge is -2.17. The molecular weight excluding hydrogens is 240 g/mol. The molecule has 1 aromatic rings. The molecule has 106 valence electrons. The van der Waals surface area contributed by atoms with Gasteiger partial charge in [-0.2, -0.15) is 0 Å². The number of para-hydroxylation sites is 2. The van der Waals surface area contributed by atoms with E-state index in [-0.39, 0.29) is 5.91 Å². The van der Waals surface area contributed by atoms with Crippen molar-refractivity contribution in [3.8, 4) is 0 Å². The summed E-state index contributed by atoms with van der Waals surface area (Å²) in [6, 6.07) is 7.20. The molecule has 1 rings (SSSR count). The van der Waals surface area contributed by atoms with Crippen LogP contribution in [0.1, 0.15) is 33.6 Å². The maximum atomic E-state index is 11.9. The van der Waals surface area contributed by atoms with Crippen LogP contribution >= 0.6 is 0 Å². The summed E-state index contributed by atoms with van der Waals surface area (Å²) in [6.45, 7) is 6.63. The largest absolute Gasteiger partial charge is 0.397 e. The number of nitrogens with two attached hydrogens (primary N) is 1. The van der Waals surface area contributed by atoms with Crippen molar-refractivity contribution in [1.82, 2.24) is 0 Å². The number of hydrogen-bond donors (Lipinski definition) is 2. The number of amides is 1. The average Bonchev–Trinajstić information content (AvgIpc) is 2.39. The molecule has 0 saturated carbocycles. The summed E-state index contributed by atoms with van der Waals surface area (Å²) < 4.78 is 5.58. The number of rotatable bonds is 7. The quantitative estimate of drug-likeness (QED) is 0.744. The zero-order valence-electron chi connectivity index (χ0n) is 12.0. The van der Waals surface area contributed by atoms with Crippen LogP contribution in [0.25, 0.3) is 0 Å². The Balaban J connectivity index is 2.43. The highest BCUT2D eigenvalue weighted by Gasteiger charge is 2.15. The first-order valence-corrected chi connectivity index (χ1v) is 6.81. The SMILES string of the molecule is CCCC(C)COC(C)C(=O)Nc1ccccc1N. The molecule has 3 N–H and O–H groups in total. The van der Waals surface area contributed by atoms with Gasteiger partial charge in [0.05, 0.1) is 18.0 Å². The van der Waals surface area contributed by atoms with Crippen molar-refractivity contribution >= 4 is 17.3 Å². The number of nitrogen functional groups attached to an aromatic ring is 1. The Morgan fingerprint density at radius 2 is 2.05 bits per heavy atom. The number of ether oxygens (including phenoxy) is 1. The van der Waals surface area contributed by atoms with E-state index in [0.29, 0.717) is 23.9 Å². The van der Waals surface area contributed by atoms with E-state index in [0.717, 1.165) is 12.8 Å². The van der Waals surface area contributed by atoms with Crippen LogP contribution in [-0.2, 0) is 9.53 Å². The van der Waals surface area contributed by atoms with Crippen molar-refractivity contribution in [2.45, 2.75) is 39.7 Å². The number of carbonyl (C=O) groups excluding carboxylic acids is 1. The first kappa shape index (κ1) is 15.5. The van der Waals surface area contributed by atoms with Crippen molar-refractivity contribution < 1.29 is 9.53 Å². The molecule has 19 heavy (non-hydrogen) atoms. The molecule has 2 atom stereocenters. The normalized spacial score (nSPS) is 13.8.